The number of hydrogen-bond donors (Lipinski definition) is 3. The third-order valence-corrected chi connectivity index (χ3v) is 5.32. The number of ether oxygens (including phenoxy) is 1. The van der Waals surface area contributed by atoms with Gasteiger partial charge in [-0.1, -0.05) is 0 Å². The van der Waals surface area contributed by atoms with Crippen molar-refractivity contribution < 1.29 is 19.0 Å². The van der Waals surface area contributed by atoms with Crippen molar-refractivity contribution in [2.75, 3.05) is 32.8 Å². The lowest BCUT2D eigenvalue weighted by Gasteiger charge is -2.30. The van der Waals surface area contributed by atoms with Crippen LogP contribution in [0.3, 0.4) is 0 Å². The summed E-state index contributed by atoms with van der Waals surface area (Å²) in [7, 11) is 0. The van der Waals surface area contributed by atoms with Crippen molar-refractivity contribution in [3.8, 4) is 0 Å². The number of aliphatic hydroxyl groups is 1. The van der Waals surface area contributed by atoms with Crippen LogP contribution in [0.1, 0.15) is 21.7 Å². The van der Waals surface area contributed by atoms with E-state index in [1.165, 1.54) is 30.7 Å². The molecule has 1 aliphatic heterocycles. The molecule has 4 rings (SSSR count). The molecule has 0 aliphatic carbocycles. The standard InChI is InChI=1S/C21H24FN5O3/c1-14-16-8-15(22)2-3-17(16)26-19(14)10-27-6-7-30-13-21(29,12-27)11-25-20(28)18-9-23-4-5-24-18/h2-5,8-9,26,29H,6-7,10-13H2,1H3,(H,25,28)/t21-/m0/s1. The molecule has 30 heavy (non-hydrogen) atoms. The first-order chi connectivity index (χ1) is 14.4. The average molecular weight is 413 g/mol. The fourth-order valence-corrected chi connectivity index (χ4v) is 3.73. The summed E-state index contributed by atoms with van der Waals surface area (Å²) in [6.45, 7) is 4.05. The van der Waals surface area contributed by atoms with Gasteiger partial charge in [0.15, 0.2) is 0 Å². The molecule has 8 nitrogen and oxygen atoms in total. The van der Waals surface area contributed by atoms with Crippen molar-refractivity contribution >= 4 is 16.8 Å². The van der Waals surface area contributed by atoms with Gasteiger partial charge in [-0.3, -0.25) is 14.7 Å². The number of benzene rings is 1. The highest BCUT2D eigenvalue weighted by Crippen LogP contribution is 2.24. The molecule has 3 heterocycles. The second-order valence-corrected chi connectivity index (χ2v) is 7.68. The third kappa shape index (κ3) is 4.48. The van der Waals surface area contributed by atoms with Crippen LogP contribution in [0.4, 0.5) is 4.39 Å². The van der Waals surface area contributed by atoms with E-state index >= 15 is 0 Å². The van der Waals surface area contributed by atoms with Gasteiger partial charge in [0.1, 0.15) is 17.1 Å². The Morgan fingerprint density at radius 3 is 3.10 bits per heavy atom. The molecule has 2 aromatic heterocycles. The van der Waals surface area contributed by atoms with E-state index in [0.29, 0.717) is 26.2 Å². The maximum atomic E-state index is 13.6. The summed E-state index contributed by atoms with van der Waals surface area (Å²) < 4.78 is 19.2. The van der Waals surface area contributed by atoms with Crippen LogP contribution in [0.25, 0.3) is 10.9 Å². The van der Waals surface area contributed by atoms with Gasteiger partial charge in [0, 0.05) is 48.6 Å². The highest BCUT2D eigenvalue weighted by Gasteiger charge is 2.33. The highest BCUT2D eigenvalue weighted by atomic mass is 19.1. The molecular formula is C21H24FN5O3. The topological polar surface area (TPSA) is 103 Å². The summed E-state index contributed by atoms with van der Waals surface area (Å²) in [4.78, 5) is 25.5. The zero-order valence-corrected chi connectivity index (χ0v) is 16.7. The van der Waals surface area contributed by atoms with Gasteiger partial charge in [-0.25, -0.2) is 9.37 Å². The van der Waals surface area contributed by atoms with Gasteiger partial charge < -0.3 is 20.1 Å². The molecule has 158 valence electrons. The maximum absolute atomic E-state index is 13.6. The maximum Gasteiger partial charge on any atom is 0.271 e. The lowest BCUT2D eigenvalue weighted by Crippen LogP contribution is -2.52. The van der Waals surface area contributed by atoms with Crippen LogP contribution in [0.15, 0.2) is 36.8 Å². The molecule has 0 unspecified atom stereocenters. The molecule has 1 aromatic carbocycles. The van der Waals surface area contributed by atoms with E-state index in [1.54, 1.807) is 6.07 Å². The number of nitrogens with zero attached hydrogens (tertiary/aromatic N) is 3. The van der Waals surface area contributed by atoms with Crippen molar-refractivity contribution in [1.82, 2.24) is 25.2 Å². The molecule has 1 amide bonds. The van der Waals surface area contributed by atoms with E-state index in [9.17, 15) is 14.3 Å². The zero-order valence-electron chi connectivity index (χ0n) is 16.7. The zero-order chi connectivity index (χ0) is 21.1. The van der Waals surface area contributed by atoms with E-state index in [1.807, 2.05) is 6.92 Å². The molecule has 0 bridgehead atoms. The number of fused-ring (bicyclic) bond motifs is 1. The molecule has 0 radical (unpaired) electrons. The SMILES string of the molecule is Cc1c(CN2CCOC[C@](O)(CNC(=O)c3cnccn3)C2)[nH]c2ccc(F)cc12. The summed E-state index contributed by atoms with van der Waals surface area (Å²) in [6.07, 6.45) is 4.30. The van der Waals surface area contributed by atoms with Crippen molar-refractivity contribution in [3.05, 3.63) is 59.6 Å². The molecule has 0 saturated carbocycles. The Morgan fingerprint density at radius 2 is 2.30 bits per heavy atom. The summed E-state index contributed by atoms with van der Waals surface area (Å²) in [5, 5.41) is 14.6. The Balaban J connectivity index is 1.45. The van der Waals surface area contributed by atoms with Gasteiger partial charge >= 0.3 is 0 Å². The Kier molecular flexibility index (Phi) is 5.76. The molecule has 3 N–H and O–H groups in total. The molecule has 1 atom stereocenters. The number of rotatable bonds is 5. The molecule has 3 aromatic rings. The van der Waals surface area contributed by atoms with Crippen LogP contribution in [0.5, 0.6) is 0 Å². The summed E-state index contributed by atoms with van der Waals surface area (Å²) in [5.74, 6) is -0.673. The van der Waals surface area contributed by atoms with Crippen LogP contribution in [0.2, 0.25) is 0 Å². The van der Waals surface area contributed by atoms with E-state index in [0.717, 1.165) is 22.2 Å². The normalized spacial score (nSPS) is 20.2. The van der Waals surface area contributed by atoms with Crippen molar-refractivity contribution in [3.63, 3.8) is 0 Å². The van der Waals surface area contributed by atoms with Gasteiger partial charge in [-0.15, -0.1) is 0 Å². The quantitative estimate of drug-likeness (QED) is 0.584. The number of β-amino-alcohol motifs (C(OH)–C–C–N with tert-alkyl or cyclic N) is 1. The van der Waals surface area contributed by atoms with Gasteiger partial charge in [-0.2, -0.15) is 0 Å². The fourth-order valence-electron chi connectivity index (χ4n) is 3.73. The number of H-pyrrole nitrogens is 1. The number of aryl methyl sites for hydroxylation is 1. The molecular weight excluding hydrogens is 389 g/mol. The van der Waals surface area contributed by atoms with E-state index < -0.39 is 11.5 Å². The number of carbonyl (C=O) groups excluding carboxylic acids is 1. The van der Waals surface area contributed by atoms with Gasteiger partial charge in [0.25, 0.3) is 5.91 Å². The number of carbonyl (C=O) groups is 1. The molecule has 1 fully saturated rings. The summed E-state index contributed by atoms with van der Waals surface area (Å²) in [6, 6.07) is 4.68. The van der Waals surface area contributed by atoms with Gasteiger partial charge in [-0.05, 0) is 30.7 Å². The predicted molar refractivity (Wildman–Crippen MR) is 108 cm³/mol. The molecule has 1 saturated heterocycles. The lowest BCUT2D eigenvalue weighted by molar-refractivity contribution is -0.0346. The van der Waals surface area contributed by atoms with Crippen LogP contribution >= 0.6 is 0 Å². The predicted octanol–water partition coefficient (Wildman–Crippen LogP) is 1.40. The Hall–Kier alpha value is -2.88. The van der Waals surface area contributed by atoms with Crippen LogP contribution in [-0.4, -0.2) is 69.3 Å². The van der Waals surface area contributed by atoms with Crippen molar-refractivity contribution in [2.24, 2.45) is 0 Å². The second kappa shape index (κ2) is 8.47. The van der Waals surface area contributed by atoms with E-state index in [2.05, 4.69) is 25.2 Å². The Labute approximate surface area is 173 Å². The van der Waals surface area contributed by atoms with Gasteiger partial charge in [0.2, 0.25) is 0 Å². The van der Waals surface area contributed by atoms with E-state index in [4.69, 9.17) is 4.74 Å². The second-order valence-electron chi connectivity index (χ2n) is 7.68. The van der Waals surface area contributed by atoms with Crippen LogP contribution < -0.4 is 5.32 Å². The largest absolute Gasteiger partial charge is 0.384 e. The summed E-state index contributed by atoms with van der Waals surface area (Å²) in [5.41, 5.74) is 1.76. The molecule has 9 heteroatoms. The number of amides is 1. The highest BCUT2D eigenvalue weighted by molar-refractivity contribution is 5.91. The number of halogens is 1. The minimum Gasteiger partial charge on any atom is -0.384 e. The monoisotopic (exact) mass is 413 g/mol. The lowest BCUT2D eigenvalue weighted by atomic mass is 10.0. The average Bonchev–Trinajstić information content (AvgIpc) is 2.92. The number of aromatic nitrogens is 3. The molecule has 0 spiro atoms. The van der Waals surface area contributed by atoms with Crippen molar-refractivity contribution in [1.29, 1.82) is 0 Å². The fraction of sp³-hybridized carbons (Fsp3) is 0.381. The molecule has 1 aliphatic rings. The van der Waals surface area contributed by atoms with E-state index in [-0.39, 0.29) is 24.7 Å². The minimum absolute atomic E-state index is 0.0236. The van der Waals surface area contributed by atoms with Crippen LogP contribution in [-0.2, 0) is 11.3 Å². The Bertz CT molecular complexity index is 1040. The van der Waals surface area contributed by atoms with Crippen LogP contribution in [0, 0.1) is 12.7 Å². The first kappa shape index (κ1) is 20.4. The number of hydrogen-bond acceptors (Lipinski definition) is 6. The number of nitrogens with one attached hydrogen (secondary N) is 2. The minimum atomic E-state index is -1.25. The third-order valence-electron chi connectivity index (χ3n) is 5.32. The van der Waals surface area contributed by atoms with Gasteiger partial charge in [0.05, 0.1) is 26.0 Å². The smallest absolute Gasteiger partial charge is 0.271 e. The first-order valence-corrected chi connectivity index (χ1v) is 9.77. The summed E-state index contributed by atoms with van der Waals surface area (Å²) >= 11 is 0. The first-order valence-electron chi connectivity index (χ1n) is 9.77. The van der Waals surface area contributed by atoms with Crippen molar-refractivity contribution in [2.45, 2.75) is 19.1 Å². The Morgan fingerprint density at radius 1 is 1.43 bits per heavy atom. The number of aromatic amines is 1.